The summed E-state index contributed by atoms with van der Waals surface area (Å²) in [5.74, 6) is 0. The van der Waals surface area contributed by atoms with E-state index in [0.717, 1.165) is 29.9 Å². The second-order valence-electron chi connectivity index (χ2n) is 4.38. The van der Waals surface area contributed by atoms with Gasteiger partial charge in [0.2, 0.25) is 0 Å². The molecule has 1 unspecified atom stereocenters. The fourth-order valence-electron chi connectivity index (χ4n) is 1.92. The Bertz CT molecular complexity index is 408. The quantitative estimate of drug-likeness (QED) is 0.900. The summed E-state index contributed by atoms with van der Waals surface area (Å²) in [6.07, 6.45) is 0.166. The van der Waals surface area contributed by atoms with Gasteiger partial charge in [-0.1, -0.05) is 39.1 Å². The van der Waals surface area contributed by atoms with Gasteiger partial charge in [0.05, 0.1) is 28.4 Å². The smallest absolute Gasteiger partial charge is 0.0874 e. The van der Waals surface area contributed by atoms with Crippen LogP contribution in [0.4, 0.5) is 5.69 Å². The molecule has 1 heterocycles. The topological polar surface area (TPSA) is 24.5 Å². The minimum atomic E-state index is 0.166. The van der Waals surface area contributed by atoms with E-state index in [4.69, 9.17) is 27.9 Å². The van der Waals surface area contributed by atoms with E-state index in [9.17, 15) is 0 Å². The average molecular weight is 354 g/mol. The Labute approximate surface area is 126 Å². The molecule has 1 N–H and O–H groups in total. The molecule has 1 aromatic carbocycles. The van der Waals surface area contributed by atoms with Crippen LogP contribution in [0.2, 0.25) is 10.0 Å². The Kier molecular flexibility index (Phi) is 5.15. The number of morpholine rings is 1. The lowest BCUT2D eigenvalue weighted by atomic mass is 10.2. The fourth-order valence-corrected chi connectivity index (χ4v) is 3.26. The van der Waals surface area contributed by atoms with Gasteiger partial charge >= 0.3 is 0 Å². The number of nitrogens with one attached hydrogen (secondary N) is 1. The number of hydrogen-bond donors (Lipinski definition) is 1. The lowest BCUT2D eigenvalue weighted by Gasteiger charge is -2.30. The normalized spacial score (nSPS) is 21.0. The van der Waals surface area contributed by atoms with E-state index < -0.39 is 0 Å². The van der Waals surface area contributed by atoms with Gasteiger partial charge in [0, 0.05) is 24.1 Å². The summed E-state index contributed by atoms with van der Waals surface area (Å²) in [5.41, 5.74) is 0.762. The molecule has 1 aromatic rings. The predicted molar refractivity (Wildman–Crippen MR) is 79.9 cm³/mol. The van der Waals surface area contributed by atoms with E-state index in [1.807, 2.05) is 12.1 Å². The highest BCUT2D eigenvalue weighted by molar-refractivity contribution is 9.10. The number of ether oxygens (including phenoxy) is 1. The molecule has 1 saturated heterocycles. The molecule has 0 spiro atoms. The minimum Gasteiger partial charge on any atom is -0.380 e. The van der Waals surface area contributed by atoms with Crippen LogP contribution in [0, 0.1) is 0 Å². The zero-order chi connectivity index (χ0) is 13.1. The van der Waals surface area contributed by atoms with Gasteiger partial charge in [-0.3, -0.25) is 0 Å². The number of rotatable bonds is 3. The SMILES string of the molecule is CN1CCOC(CNc2c(Cl)cc(Br)cc2Cl)C1. The van der Waals surface area contributed by atoms with Gasteiger partial charge in [0.25, 0.3) is 0 Å². The average Bonchev–Trinajstić information content (AvgIpc) is 2.27. The number of nitrogens with zero attached hydrogens (tertiary/aromatic N) is 1. The molecule has 100 valence electrons. The van der Waals surface area contributed by atoms with Gasteiger partial charge in [-0.15, -0.1) is 0 Å². The predicted octanol–water partition coefficient (Wildman–Crippen LogP) is 3.50. The van der Waals surface area contributed by atoms with Crippen molar-refractivity contribution >= 4 is 44.8 Å². The first kappa shape index (κ1) is 14.4. The van der Waals surface area contributed by atoms with Gasteiger partial charge < -0.3 is 15.0 Å². The molecule has 1 aliphatic heterocycles. The molecule has 2 rings (SSSR count). The number of halogens is 3. The first-order chi connectivity index (χ1) is 8.56. The zero-order valence-corrected chi connectivity index (χ0v) is 13.1. The number of benzene rings is 1. The maximum Gasteiger partial charge on any atom is 0.0874 e. The molecular weight excluding hydrogens is 339 g/mol. The standard InChI is InChI=1S/C12H15BrCl2N2O/c1-17-2-3-18-9(7-17)6-16-12-10(14)4-8(13)5-11(12)15/h4-5,9,16H,2-3,6-7H2,1H3. The molecule has 1 fully saturated rings. The van der Waals surface area contributed by atoms with Crippen LogP contribution in [-0.4, -0.2) is 44.3 Å². The van der Waals surface area contributed by atoms with Crippen LogP contribution >= 0.6 is 39.1 Å². The van der Waals surface area contributed by atoms with Crippen molar-refractivity contribution in [2.75, 3.05) is 38.6 Å². The van der Waals surface area contributed by atoms with Crippen molar-refractivity contribution in [1.29, 1.82) is 0 Å². The Morgan fingerprint density at radius 3 is 2.72 bits per heavy atom. The summed E-state index contributed by atoms with van der Waals surface area (Å²) in [7, 11) is 2.09. The first-order valence-electron chi connectivity index (χ1n) is 5.75. The summed E-state index contributed by atoms with van der Waals surface area (Å²) < 4.78 is 6.55. The van der Waals surface area contributed by atoms with Crippen molar-refractivity contribution in [1.82, 2.24) is 4.90 Å². The molecule has 0 radical (unpaired) electrons. The third-order valence-electron chi connectivity index (χ3n) is 2.86. The van der Waals surface area contributed by atoms with Crippen LogP contribution in [0.15, 0.2) is 16.6 Å². The third-order valence-corrected chi connectivity index (χ3v) is 3.91. The van der Waals surface area contributed by atoms with Crippen molar-refractivity contribution in [3.63, 3.8) is 0 Å². The molecule has 6 heteroatoms. The van der Waals surface area contributed by atoms with Crippen molar-refractivity contribution in [2.45, 2.75) is 6.10 Å². The second-order valence-corrected chi connectivity index (χ2v) is 6.11. The summed E-state index contributed by atoms with van der Waals surface area (Å²) in [6, 6.07) is 3.65. The molecular formula is C12H15BrCl2N2O. The highest BCUT2D eigenvalue weighted by Gasteiger charge is 2.18. The van der Waals surface area contributed by atoms with Gasteiger partial charge in [-0.25, -0.2) is 0 Å². The Morgan fingerprint density at radius 1 is 1.44 bits per heavy atom. The van der Waals surface area contributed by atoms with Crippen LogP contribution in [0.25, 0.3) is 0 Å². The lowest BCUT2D eigenvalue weighted by molar-refractivity contribution is -0.0117. The fraction of sp³-hybridized carbons (Fsp3) is 0.500. The second kappa shape index (κ2) is 6.44. The molecule has 18 heavy (non-hydrogen) atoms. The highest BCUT2D eigenvalue weighted by atomic mass is 79.9. The summed E-state index contributed by atoms with van der Waals surface area (Å²) in [6.45, 7) is 3.37. The van der Waals surface area contributed by atoms with Crippen LogP contribution in [0.5, 0.6) is 0 Å². The van der Waals surface area contributed by atoms with E-state index >= 15 is 0 Å². The summed E-state index contributed by atoms with van der Waals surface area (Å²) in [5, 5.41) is 4.48. The molecule has 1 aliphatic rings. The van der Waals surface area contributed by atoms with Crippen LogP contribution < -0.4 is 5.32 Å². The zero-order valence-electron chi connectivity index (χ0n) is 10.0. The largest absolute Gasteiger partial charge is 0.380 e. The van der Waals surface area contributed by atoms with Crippen molar-refractivity contribution in [2.24, 2.45) is 0 Å². The van der Waals surface area contributed by atoms with Gasteiger partial charge in [0.1, 0.15) is 0 Å². The van der Waals surface area contributed by atoms with Crippen molar-refractivity contribution in [3.05, 3.63) is 26.7 Å². The van der Waals surface area contributed by atoms with E-state index in [-0.39, 0.29) is 6.10 Å². The molecule has 0 saturated carbocycles. The van der Waals surface area contributed by atoms with E-state index in [2.05, 4.69) is 33.2 Å². The molecule has 0 aromatic heterocycles. The number of likely N-dealkylation sites (N-methyl/N-ethyl adjacent to an activating group) is 1. The monoisotopic (exact) mass is 352 g/mol. The van der Waals surface area contributed by atoms with Crippen LogP contribution in [-0.2, 0) is 4.74 Å². The van der Waals surface area contributed by atoms with E-state index in [0.29, 0.717) is 16.6 Å². The summed E-state index contributed by atoms with van der Waals surface area (Å²) in [4.78, 5) is 2.25. The Morgan fingerprint density at radius 2 is 2.11 bits per heavy atom. The number of anilines is 1. The third kappa shape index (κ3) is 3.75. The summed E-state index contributed by atoms with van der Waals surface area (Å²) >= 11 is 15.7. The number of hydrogen-bond acceptors (Lipinski definition) is 3. The van der Waals surface area contributed by atoms with E-state index in [1.165, 1.54) is 0 Å². The maximum atomic E-state index is 6.15. The molecule has 1 atom stereocenters. The van der Waals surface area contributed by atoms with Crippen LogP contribution in [0.3, 0.4) is 0 Å². The molecule has 3 nitrogen and oxygen atoms in total. The first-order valence-corrected chi connectivity index (χ1v) is 7.29. The van der Waals surface area contributed by atoms with E-state index in [1.54, 1.807) is 0 Å². The van der Waals surface area contributed by atoms with Gasteiger partial charge in [-0.2, -0.15) is 0 Å². The van der Waals surface area contributed by atoms with Crippen LogP contribution in [0.1, 0.15) is 0 Å². The van der Waals surface area contributed by atoms with Crippen molar-refractivity contribution in [3.8, 4) is 0 Å². The molecule has 0 bridgehead atoms. The molecule has 0 aliphatic carbocycles. The van der Waals surface area contributed by atoms with Gasteiger partial charge in [0.15, 0.2) is 0 Å². The minimum absolute atomic E-state index is 0.166. The van der Waals surface area contributed by atoms with Gasteiger partial charge in [-0.05, 0) is 19.2 Å². The Hall–Kier alpha value is -0.0000000000000000555. The highest BCUT2D eigenvalue weighted by Crippen LogP contribution is 2.33. The Balaban J connectivity index is 1.97. The van der Waals surface area contributed by atoms with Crippen molar-refractivity contribution < 1.29 is 4.74 Å². The lowest BCUT2D eigenvalue weighted by Crippen LogP contribution is -2.43. The molecule has 0 amide bonds. The maximum absolute atomic E-state index is 6.15.